The predicted molar refractivity (Wildman–Crippen MR) is 68.2 cm³/mol. The molecule has 5 heteroatoms. The van der Waals surface area contributed by atoms with Gasteiger partial charge >= 0.3 is 5.97 Å². The van der Waals surface area contributed by atoms with Crippen LogP contribution in [-0.4, -0.2) is 38.2 Å². The zero-order chi connectivity index (χ0) is 13.9. The zero-order valence-electron chi connectivity index (χ0n) is 11.3. The summed E-state index contributed by atoms with van der Waals surface area (Å²) in [5.41, 5.74) is 0.485. The monoisotopic (exact) mass is 266 g/mol. The smallest absolute Gasteiger partial charge is 0.338 e. The Balaban J connectivity index is 1.84. The molecule has 0 spiro atoms. The van der Waals surface area contributed by atoms with Gasteiger partial charge in [0.15, 0.2) is 5.79 Å². The Labute approximate surface area is 112 Å². The average molecular weight is 266 g/mol. The first kappa shape index (κ1) is 13.8. The third-order valence-electron chi connectivity index (χ3n) is 2.79. The van der Waals surface area contributed by atoms with E-state index in [2.05, 4.69) is 0 Å². The molecule has 5 nitrogen and oxygen atoms in total. The van der Waals surface area contributed by atoms with E-state index in [1.165, 1.54) is 0 Å². The summed E-state index contributed by atoms with van der Waals surface area (Å²) >= 11 is 0. The third kappa shape index (κ3) is 3.68. The van der Waals surface area contributed by atoms with E-state index in [1.54, 1.807) is 31.4 Å². The molecule has 0 N–H and O–H groups in total. The molecular formula is C14H18O5. The number of hydrogen-bond donors (Lipinski definition) is 0. The van der Waals surface area contributed by atoms with Gasteiger partial charge in [0.25, 0.3) is 0 Å². The SMILES string of the molecule is COc1ccc(C(=O)OC[C@H]2COC(C)(C)O2)cc1. The fraction of sp³-hybridized carbons (Fsp3) is 0.500. The first-order chi connectivity index (χ1) is 9.00. The van der Waals surface area contributed by atoms with Gasteiger partial charge in [0, 0.05) is 0 Å². The van der Waals surface area contributed by atoms with E-state index < -0.39 is 5.79 Å². The first-order valence-corrected chi connectivity index (χ1v) is 6.13. The van der Waals surface area contributed by atoms with Gasteiger partial charge in [-0.05, 0) is 38.1 Å². The number of hydrogen-bond acceptors (Lipinski definition) is 5. The van der Waals surface area contributed by atoms with Crippen molar-refractivity contribution < 1.29 is 23.7 Å². The Kier molecular flexibility index (Phi) is 4.07. The van der Waals surface area contributed by atoms with Gasteiger partial charge in [-0.1, -0.05) is 0 Å². The lowest BCUT2D eigenvalue weighted by Crippen LogP contribution is -2.25. The van der Waals surface area contributed by atoms with Crippen LogP contribution >= 0.6 is 0 Å². The first-order valence-electron chi connectivity index (χ1n) is 6.13. The van der Waals surface area contributed by atoms with Crippen molar-refractivity contribution in [1.82, 2.24) is 0 Å². The topological polar surface area (TPSA) is 54.0 Å². The van der Waals surface area contributed by atoms with Crippen LogP contribution in [0.2, 0.25) is 0 Å². The van der Waals surface area contributed by atoms with Gasteiger partial charge in [-0.3, -0.25) is 0 Å². The van der Waals surface area contributed by atoms with Crippen LogP contribution in [0, 0.1) is 0 Å². The fourth-order valence-corrected chi connectivity index (χ4v) is 1.82. The van der Waals surface area contributed by atoms with E-state index in [4.69, 9.17) is 18.9 Å². The Morgan fingerprint density at radius 3 is 2.58 bits per heavy atom. The normalized spacial score (nSPS) is 21.1. The summed E-state index contributed by atoms with van der Waals surface area (Å²) in [6, 6.07) is 6.76. The van der Waals surface area contributed by atoms with E-state index >= 15 is 0 Å². The van der Waals surface area contributed by atoms with E-state index in [1.807, 2.05) is 13.8 Å². The van der Waals surface area contributed by atoms with Crippen molar-refractivity contribution in [2.45, 2.75) is 25.7 Å². The lowest BCUT2D eigenvalue weighted by atomic mass is 10.2. The second-order valence-electron chi connectivity index (χ2n) is 4.78. The maximum absolute atomic E-state index is 11.8. The largest absolute Gasteiger partial charge is 0.497 e. The lowest BCUT2D eigenvalue weighted by molar-refractivity contribution is -0.142. The fourth-order valence-electron chi connectivity index (χ4n) is 1.82. The molecule has 1 heterocycles. The van der Waals surface area contributed by atoms with Crippen molar-refractivity contribution in [3.63, 3.8) is 0 Å². The number of ether oxygens (including phenoxy) is 4. The number of esters is 1. The van der Waals surface area contributed by atoms with Crippen molar-refractivity contribution in [3.8, 4) is 5.75 Å². The van der Waals surface area contributed by atoms with Crippen LogP contribution in [0.1, 0.15) is 24.2 Å². The van der Waals surface area contributed by atoms with E-state index in [0.29, 0.717) is 17.9 Å². The number of rotatable bonds is 4. The Bertz CT molecular complexity index is 438. The molecule has 0 bridgehead atoms. The molecule has 0 radical (unpaired) electrons. The molecule has 1 aromatic carbocycles. The second-order valence-corrected chi connectivity index (χ2v) is 4.78. The van der Waals surface area contributed by atoms with Crippen molar-refractivity contribution in [2.24, 2.45) is 0 Å². The molecule has 0 unspecified atom stereocenters. The highest BCUT2D eigenvalue weighted by atomic mass is 16.7. The maximum Gasteiger partial charge on any atom is 0.338 e. The van der Waals surface area contributed by atoms with Crippen LogP contribution in [0.15, 0.2) is 24.3 Å². The molecule has 2 rings (SSSR count). The van der Waals surface area contributed by atoms with E-state index in [9.17, 15) is 4.79 Å². The summed E-state index contributed by atoms with van der Waals surface area (Å²) in [6.45, 7) is 4.29. The third-order valence-corrected chi connectivity index (χ3v) is 2.79. The summed E-state index contributed by atoms with van der Waals surface area (Å²) < 4.78 is 21.2. The van der Waals surface area contributed by atoms with Gasteiger partial charge < -0.3 is 18.9 Å². The average Bonchev–Trinajstić information content (AvgIpc) is 2.76. The number of carbonyl (C=O) groups is 1. The minimum atomic E-state index is -0.600. The van der Waals surface area contributed by atoms with Crippen LogP contribution in [0.4, 0.5) is 0 Å². The van der Waals surface area contributed by atoms with Gasteiger partial charge in [-0.15, -0.1) is 0 Å². The van der Waals surface area contributed by atoms with Crippen LogP contribution in [-0.2, 0) is 14.2 Å². The molecular weight excluding hydrogens is 248 g/mol. The van der Waals surface area contributed by atoms with Gasteiger partial charge in [-0.2, -0.15) is 0 Å². The molecule has 19 heavy (non-hydrogen) atoms. The number of methoxy groups -OCH3 is 1. The second kappa shape index (κ2) is 5.59. The summed E-state index contributed by atoms with van der Waals surface area (Å²) in [4.78, 5) is 11.8. The molecule has 1 fully saturated rings. The molecule has 1 aliphatic rings. The van der Waals surface area contributed by atoms with Gasteiger partial charge in [-0.25, -0.2) is 4.79 Å². The van der Waals surface area contributed by atoms with Gasteiger partial charge in [0.1, 0.15) is 18.5 Å². The van der Waals surface area contributed by atoms with Crippen molar-refractivity contribution in [3.05, 3.63) is 29.8 Å². The van der Waals surface area contributed by atoms with Crippen molar-refractivity contribution >= 4 is 5.97 Å². The summed E-state index contributed by atoms with van der Waals surface area (Å²) in [5.74, 6) is -0.279. The van der Waals surface area contributed by atoms with Crippen LogP contribution in [0.5, 0.6) is 5.75 Å². The summed E-state index contributed by atoms with van der Waals surface area (Å²) in [5, 5.41) is 0. The molecule has 0 aromatic heterocycles. The van der Waals surface area contributed by atoms with Crippen LogP contribution < -0.4 is 4.74 Å². The Morgan fingerprint density at radius 1 is 1.37 bits per heavy atom. The Hall–Kier alpha value is -1.59. The Morgan fingerprint density at radius 2 is 2.05 bits per heavy atom. The molecule has 1 aliphatic heterocycles. The molecule has 0 amide bonds. The highest BCUT2D eigenvalue weighted by Gasteiger charge is 2.33. The number of carbonyl (C=O) groups excluding carboxylic acids is 1. The highest BCUT2D eigenvalue weighted by molar-refractivity contribution is 5.89. The standard InChI is InChI=1S/C14H18O5/c1-14(2)18-9-12(19-14)8-17-13(15)10-4-6-11(16-3)7-5-10/h4-7,12H,8-9H2,1-3H3/t12-/m0/s1. The molecule has 104 valence electrons. The molecule has 1 atom stereocenters. The summed E-state index contributed by atoms with van der Waals surface area (Å²) in [6.07, 6.45) is -0.211. The summed E-state index contributed by atoms with van der Waals surface area (Å²) in [7, 11) is 1.58. The van der Waals surface area contributed by atoms with Crippen LogP contribution in [0.3, 0.4) is 0 Å². The zero-order valence-corrected chi connectivity index (χ0v) is 11.3. The van der Waals surface area contributed by atoms with Crippen LogP contribution in [0.25, 0.3) is 0 Å². The minimum Gasteiger partial charge on any atom is -0.497 e. The lowest BCUT2D eigenvalue weighted by Gasteiger charge is -2.17. The van der Waals surface area contributed by atoms with Gasteiger partial charge in [0.05, 0.1) is 19.3 Å². The maximum atomic E-state index is 11.8. The highest BCUT2D eigenvalue weighted by Crippen LogP contribution is 2.22. The quantitative estimate of drug-likeness (QED) is 0.780. The van der Waals surface area contributed by atoms with E-state index in [0.717, 1.165) is 0 Å². The van der Waals surface area contributed by atoms with Gasteiger partial charge in [0.2, 0.25) is 0 Å². The molecule has 0 aliphatic carbocycles. The molecule has 1 saturated heterocycles. The minimum absolute atomic E-state index is 0.189. The molecule has 0 saturated carbocycles. The van der Waals surface area contributed by atoms with Crippen molar-refractivity contribution in [2.75, 3.05) is 20.3 Å². The predicted octanol–water partition coefficient (Wildman–Crippen LogP) is 2.00. The number of benzene rings is 1. The van der Waals surface area contributed by atoms with Crippen molar-refractivity contribution in [1.29, 1.82) is 0 Å². The van der Waals surface area contributed by atoms with E-state index in [-0.39, 0.29) is 18.7 Å². The molecule has 1 aromatic rings.